The van der Waals surface area contributed by atoms with Gasteiger partial charge in [0.1, 0.15) is 0 Å². The summed E-state index contributed by atoms with van der Waals surface area (Å²) in [5.41, 5.74) is 10.4. The molecule has 0 bridgehead atoms. The molecule has 0 unspecified atom stereocenters. The van der Waals surface area contributed by atoms with Gasteiger partial charge in [0.2, 0.25) is 0 Å². The third-order valence-corrected chi connectivity index (χ3v) is 6.95. The molecule has 52 heavy (non-hydrogen) atoms. The van der Waals surface area contributed by atoms with Crippen LogP contribution in [-0.2, 0) is 21.7 Å². The fraction of sp³-hybridized carbons (Fsp3) is 0.583. The molecule has 0 radical (unpaired) electrons. The molecule has 4 nitrogen and oxygen atoms in total. The zero-order valence-electron chi connectivity index (χ0n) is 38.7. The molecule has 0 aliphatic rings. The first-order valence-electron chi connectivity index (χ1n) is 19.7. The zero-order chi connectivity index (χ0) is 41.9. The van der Waals surface area contributed by atoms with Crippen LogP contribution in [-0.4, -0.2) is 19.9 Å². The lowest BCUT2D eigenvalue weighted by Crippen LogP contribution is -2.13. The molecule has 0 spiro atoms. The van der Waals surface area contributed by atoms with Crippen LogP contribution in [0.4, 0.5) is 0 Å². The van der Waals surface area contributed by atoms with E-state index in [2.05, 4.69) is 152 Å². The van der Waals surface area contributed by atoms with E-state index < -0.39 is 0 Å². The number of aromatic nitrogens is 4. The molecule has 296 valence electrons. The topological polar surface area (TPSA) is 51.6 Å². The van der Waals surface area contributed by atoms with Gasteiger partial charge in [-0.1, -0.05) is 163 Å². The third kappa shape index (κ3) is 26.4. The van der Waals surface area contributed by atoms with Crippen molar-refractivity contribution in [1.29, 1.82) is 0 Å². The van der Waals surface area contributed by atoms with Crippen molar-refractivity contribution in [3.05, 3.63) is 118 Å². The summed E-state index contributed by atoms with van der Waals surface area (Å²) in [6.45, 7) is 50.4. The van der Waals surface area contributed by atoms with Gasteiger partial charge in [-0.05, 0) is 90.5 Å². The summed E-state index contributed by atoms with van der Waals surface area (Å²) in [7, 11) is 0. The molecule has 0 saturated carbocycles. The minimum absolute atomic E-state index is 0.173. The van der Waals surface area contributed by atoms with Gasteiger partial charge in [-0.15, -0.1) is 0 Å². The van der Waals surface area contributed by atoms with Gasteiger partial charge in [-0.3, -0.25) is 19.9 Å². The van der Waals surface area contributed by atoms with E-state index in [0.29, 0.717) is 0 Å². The summed E-state index contributed by atoms with van der Waals surface area (Å²) >= 11 is 0. The van der Waals surface area contributed by atoms with Gasteiger partial charge in [-0.2, -0.15) is 0 Å². The first-order chi connectivity index (χ1) is 24.0. The highest BCUT2D eigenvalue weighted by Crippen LogP contribution is 2.23. The molecule has 0 saturated heterocycles. The largest absolute Gasteiger partial charge is 0.264 e. The van der Waals surface area contributed by atoms with Crippen molar-refractivity contribution in [1.82, 2.24) is 19.9 Å². The molecule has 4 aromatic rings. The molecule has 4 rings (SSSR count). The van der Waals surface area contributed by atoms with Gasteiger partial charge in [0.15, 0.2) is 0 Å². The van der Waals surface area contributed by atoms with Gasteiger partial charge in [0.25, 0.3) is 0 Å². The Hall–Kier alpha value is -3.40. The molecule has 0 aliphatic carbocycles. The average molecular weight is 717 g/mol. The zero-order valence-corrected chi connectivity index (χ0v) is 38.7. The lowest BCUT2D eigenvalue weighted by Gasteiger charge is -2.18. The van der Waals surface area contributed by atoms with Crippen LogP contribution < -0.4 is 0 Å². The molecule has 4 aromatic heterocycles. The molecular weight excluding hydrogens is 633 g/mol. The Bertz CT molecular complexity index is 1280. The van der Waals surface area contributed by atoms with Crippen LogP contribution in [0.15, 0.2) is 73.3 Å². The smallest absolute Gasteiger partial charge is 0.0460 e. The van der Waals surface area contributed by atoms with Crippen LogP contribution in [0, 0.1) is 27.7 Å². The van der Waals surface area contributed by atoms with Gasteiger partial charge in [0, 0.05) is 53.0 Å². The molecule has 0 aromatic carbocycles. The third-order valence-electron chi connectivity index (χ3n) is 6.95. The predicted molar refractivity (Wildman–Crippen MR) is 236 cm³/mol. The lowest BCUT2D eigenvalue weighted by atomic mass is 9.88. The van der Waals surface area contributed by atoms with Crippen LogP contribution in [0.25, 0.3) is 0 Å². The summed E-state index contributed by atoms with van der Waals surface area (Å²) < 4.78 is 0. The molecule has 4 heterocycles. The summed E-state index contributed by atoms with van der Waals surface area (Å²) in [5.74, 6) is 0. The van der Waals surface area contributed by atoms with E-state index >= 15 is 0 Å². The molecule has 0 atom stereocenters. The highest BCUT2D eigenvalue weighted by Gasteiger charge is 2.15. The molecule has 0 aliphatic heterocycles. The Morgan fingerprint density at radius 2 is 0.769 bits per heavy atom. The predicted octanol–water partition coefficient (Wildman–Crippen LogP) is 14.9. The van der Waals surface area contributed by atoms with Crippen molar-refractivity contribution < 1.29 is 0 Å². The van der Waals surface area contributed by atoms with E-state index in [1.165, 1.54) is 22.3 Å². The first kappa shape index (κ1) is 55.4. The monoisotopic (exact) mass is 717 g/mol. The first-order valence-corrected chi connectivity index (χ1v) is 19.7. The minimum Gasteiger partial charge on any atom is -0.264 e. The standard InChI is InChI=1S/4C10H15N.4C2H6/c1-8-5-9(7-11-6-8)10(2,3)4;2*1-8-5-6-9(7-11-8)10(2,3)4;1-8-6-5-7-9(11-8)10(2,3)4;4*1-2/h4*5-7H,1-4H3;4*1-2H3. The van der Waals surface area contributed by atoms with Crippen molar-refractivity contribution in [2.75, 3.05) is 0 Å². The van der Waals surface area contributed by atoms with Crippen LogP contribution in [0.2, 0.25) is 0 Å². The Morgan fingerprint density at radius 3 is 1.00 bits per heavy atom. The van der Waals surface area contributed by atoms with Crippen molar-refractivity contribution >= 4 is 0 Å². The van der Waals surface area contributed by atoms with E-state index in [9.17, 15) is 0 Å². The minimum atomic E-state index is 0.173. The van der Waals surface area contributed by atoms with E-state index in [0.717, 1.165) is 22.8 Å². The molecule has 0 amide bonds. The molecule has 4 heteroatoms. The summed E-state index contributed by atoms with van der Waals surface area (Å²) in [5, 5.41) is 0. The summed E-state index contributed by atoms with van der Waals surface area (Å²) in [6, 6.07) is 16.7. The van der Waals surface area contributed by atoms with Gasteiger partial charge < -0.3 is 0 Å². The highest BCUT2D eigenvalue weighted by atomic mass is 14.7. The van der Waals surface area contributed by atoms with E-state index in [1.54, 1.807) is 0 Å². The van der Waals surface area contributed by atoms with Crippen molar-refractivity contribution in [2.45, 2.75) is 188 Å². The maximum Gasteiger partial charge on any atom is 0.0460 e. The van der Waals surface area contributed by atoms with Crippen LogP contribution >= 0.6 is 0 Å². The van der Waals surface area contributed by atoms with Gasteiger partial charge in [-0.25, -0.2) is 0 Å². The van der Waals surface area contributed by atoms with Gasteiger partial charge in [0.05, 0.1) is 0 Å². The summed E-state index contributed by atoms with van der Waals surface area (Å²) in [4.78, 5) is 17.1. The Morgan fingerprint density at radius 1 is 0.385 bits per heavy atom. The summed E-state index contributed by atoms with van der Waals surface area (Å²) in [6.07, 6.45) is 7.73. The number of rotatable bonds is 0. The fourth-order valence-corrected chi connectivity index (χ4v) is 3.75. The van der Waals surface area contributed by atoms with E-state index in [1.807, 2.05) is 107 Å². The average Bonchev–Trinajstić information content (AvgIpc) is 3.08. The highest BCUT2D eigenvalue weighted by molar-refractivity contribution is 5.23. The van der Waals surface area contributed by atoms with Crippen LogP contribution in [0.1, 0.15) is 184 Å². The van der Waals surface area contributed by atoms with Crippen molar-refractivity contribution in [3.8, 4) is 0 Å². The lowest BCUT2D eigenvalue weighted by molar-refractivity contribution is 0.567. The second-order valence-corrected chi connectivity index (χ2v) is 15.8. The van der Waals surface area contributed by atoms with Gasteiger partial charge >= 0.3 is 0 Å². The van der Waals surface area contributed by atoms with E-state index in [4.69, 9.17) is 0 Å². The van der Waals surface area contributed by atoms with Crippen molar-refractivity contribution in [3.63, 3.8) is 0 Å². The number of aryl methyl sites for hydroxylation is 4. The number of hydrogen-bond acceptors (Lipinski definition) is 4. The molecule has 0 fully saturated rings. The Labute approximate surface area is 325 Å². The quantitative estimate of drug-likeness (QED) is 0.182. The normalized spacial score (nSPS) is 10.3. The maximum atomic E-state index is 4.44. The maximum absolute atomic E-state index is 4.44. The number of pyridine rings is 4. The van der Waals surface area contributed by atoms with Crippen LogP contribution in [0.3, 0.4) is 0 Å². The molecular formula is C48H84N4. The second kappa shape index (κ2) is 28.1. The Balaban J connectivity index is -0.000000277. The number of hydrogen-bond donors (Lipinski definition) is 0. The molecule has 0 N–H and O–H groups in total. The van der Waals surface area contributed by atoms with Crippen LogP contribution in [0.5, 0.6) is 0 Å². The SMILES string of the molecule is CC.CC.CC.CC.Cc1ccc(C(C)(C)C)cn1.Cc1ccc(C(C)(C)C)cn1.Cc1cccc(C(C)(C)C)n1.Cc1cncc(C(C)(C)C)c1. The second-order valence-electron chi connectivity index (χ2n) is 15.8. The Kier molecular flexibility index (Phi) is 30.0. The fourth-order valence-electron chi connectivity index (χ4n) is 3.75. The number of nitrogens with zero attached hydrogens (tertiary/aromatic N) is 4. The van der Waals surface area contributed by atoms with E-state index in [-0.39, 0.29) is 21.7 Å². The van der Waals surface area contributed by atoms with Crippen molar-refractivity contribution in [2.24, 2.45) is 0 Å².